The van der Waals surface area contributed by atoms with Gasteiger partial charge in [0, 0.05) is 15.8 Å². The molecule has 13 heavy (non-hydrogen) atoms. The Morgan fingerprint density at radius 3 is 3.00 bits per heavy atom. The van der Waals surface area contributed by atoms with Crippen molar-refractivity contribution in [3.63, 3.8) is 0 Å². The smallest absolute Gasteiger partial charge is 0.242 e. The van der Waals surface area contributed by atoms with Gasteiger partial charge in [0.2, 0.25) is 6.08 Å². The zero-order valence-electron chi connectivity index (χ0n) is 6.61. The van der Waals surface area contributed by atoms with Gasteiger partial charge < -0.3 is 4.98 Å². The highest BCUT2D eigenvalue weighted by molar-refractivity contribution is 7.80. The molecule has 0 bridgehead atoms. The van der Waals surface area contributed by atoms with Gasteiger partial charge in [-0.3, -0.25) is 0 Å². The number of aliphatic imine (C=N–C) groups is 1. The lowest BCUT2D eigenvalue weighted by atomic mass is 10.2. The number of hydrogen-bond donors (Lipinski definition) is 2. The molecule has 0 atom stereocenters. The molecule has 1 heterocycles. The summed E-state index contributed by atoms with van der Waals surface area (Å²) in [7, 11) is 0. The zero-order valence-corrected chi connectivity index (χ0v) is 7.51. The summed E-state index contributed by atoms with van der Waals surface area (Å²) in [6.07, 6.45) is 1.48. The Morgan fingerprint density at radius 2 is 2.23 bits per heavy atom. The Morgan fingerprint density at radius 1 is 1.38 bits per heavy atom. The lowest BCUT2D eigenvalue weighted by Gasteiger charge is -1.89. The molecule has 0 spiro atoms. The second kappa shape index (κ2) is 3.09. The highest BCUT2D eigenvalue weighted by Crippen LogP contribution is 2.22. The van der Waals surface area contributed by atoms with Gasteiger partial charge in [-0.2, -0.15) is 0 Å². The van der Waals surface area contributed by atoms with Crippen molar-refractivity contribution in [1.82, 2.24) is 4.98 Å². The maximum atomic E-state index is 9.99. The average Bonchev–Trinajstić information content (AvgIpc) is 2.46. The maximum absolute atomic E-state index is 9.99. The van der Waals surface area contributed by atoms with E-state index in [1.165, 1.54) is 6.08 Å². The molecule has 64 valence electrons. The van der Waals surface area contributed by atoms with Gasteiger partial charge in [0.25, 0.3) is 0 Å². The van der Waals surface area contributed by atoms with Crippen molar-refractivity contribution in [3.05, 3.63) is 24.3 Å². The molecule has 3 nitrogen and oxygen atoms in total. The van der Waals surface area contributed by atoms with Gasteiger partial charge in [0.15, 0.2) is 0 Å². The summed E-state index contributed by atoms with van der Waals surface area (Å²) < 4.78 is 0. The van der Waals surface area contributed by atoms with E-state index in [2.05, 4.69) is 22.6 Å². The van der Waals surface area contributed by atoms with Gasteiger partial charge >= 0.3 is 0 Å². The second-order valence-electron chi connectivity index (χ2n) is 2.63. The minimum absolute atomic E-state index is 0.518. The quantitative estimate of drug-likeness (QED) is 0.405. The normalized spacial score (nSPS) is 9.92. The van der Waals surface area contributed by atoms with Crippen molar-refractivity contribution in [2.45, 2.75) is 4.90 Å². The summed E-state index contributed by atoms with van der Waals surface area (Å²) in [5, 5.41) is 0.988. The highest BCUT2D eigenvalue weighted by atomic mass is 32.1. The number of nitrogens with one attached hydrogen (secondary N) is 1. The van der Waals surface area contributed by atoms with E-state index >= 15 is 0 Å². The Balaban J connectivity index is 2.68. The van der Waals surface area contributed by atoms with Gasteiger partial charge in [0.05, 0.1) is 0 Å². The van der Waals surface area contributed by atoms with Gasteiger partial charge in [-0.1, -0.05) is 0 Å². The molecule has 4 heteroatoms. The van der Waals surface area contributed by atoms with Crippen LogP contribution in [0, 0.1) is 0 Å². The van der Waals surface area contributed by atoms with Crippen LogP contribution in [0.25, 0.3) is 10.9 Å². The predicted octanol–water partition coefficient (Wildman–Crippen LogP) is 2.42. The van der Waals surface area contributed by atoms with Crippen LogP contribution in [0.5, 0.6) is 0 Å². The Hall–Kier alpha value is -1.51. The number of aromatic amines is 1. The Bertz CT molecular complexity index is 497. The fraction of sp³-hybridized carbons (Fsp3) is 0. The average molecular weight is 190 g/mol. The third kappa shape index (κ3) is 1.49. The molecule has 0 saturated heterocycles. The van der Waals surface area contributed by atoms with Gasteiger partial charge in [0.1, 0.15) is 5.82 Å². The summed E-state index contributed by atoms with van der Waals surface area (Å²) in [5.41, 5.74) is 0.937. The number of hydrogen-bond acceptors (Lipinski definition) is 3. The number of nitrogens with zero attached hydrogens (tertiary/aromatic N) is 1. The molecular weight excluding hydrogens is 184 g/mol. The standard InChI is InChI=1S/C9H6N2OS/c12-5-10-9-4-6-3-7(13)1-2-8(6)11-9/h1-4,11,13H. The third-order valence-electron chi connectivity index (χ3n) is 1.76. The van der Waals surface area contributed by atoms with E-state index in [1.54, 1.807) is 6.07 Å². The topological polar surface area (TPSA) is 45.2 Å². The van der Waals surface area contributed by atoms with Gasteiger partial charge in [-0.05, 0) is 24.3 Å². The van der Waals surface area contributed by atoms with Crippen molar-refractivity contribution in [3.8, 4) is 0 Å². The first-order valence-electron chi connectivity index (χ1n) is 3.69. The Kier molecular flexibility index (Phi) is 1.93. The largest absolute Gasteiger partial charge is 0.339 e. The summed E-state index contributed by atoms with van der Waals surface area (Å²) in [5.74, 6) is 0.518. The molecule has 0 saturated carbocycles. The number of isocyanates is 1. The van der Waals surface area contributed by atoms with Crippen molar-refractivity contribution < 1.29 is 4.79 Å². The van der Waals surface area contributed by atoms with E-state index in [4.69, 9.17) is 0 Å². The van der Waals surface area contributed by atoms with Crippen LogP contribution in [0.15, 0.2) is 34.2 Å². The van der Waals surface area contributed by atoms with Crippen LogP contribution in [0.3, 0.4) is 0 Å². The number of carbonyl (C=O) groups excluding carboxylic acids is 1. The van der Waals surface area contributed by atoms with E-state index in [0.29, 0.717) is 5.82 Å². The molecule has 0 fully saturated rings. The van der Waals surface area contributed by atoms with Crippen LogP contribution >= 0.6 is 12.6 Å². The molecule has 1 aromatic carbocycles. The maximum Gasteiger partial charge on any atom is 0.242 e. The van der Waals surface area contributed by atoms with E-state index in [-0.39, 0.29) is 0 Å². The molecule has 0 radical (unpaired) electrons. The molecule has 0 aliphatic rings. The van der Waals surface area contributed by atoms with Crippen molar-refractivity contribution in [2.24, 2.45) is 4.99 Å². The molecule has 1 N–H and O–H groups in total. The highest BCUT2D eigenvalue weighted by Gasteiger charge is 1.98. The fourth-order valence-electron chi connectivity index (χ4n) is 1.21. The lowest BCUT2D eigenvalue weighted by molar-refractivity contribution is 0.565. The molecule has 2 rings (SSSR count). The van der Waals surface area contributed by atoms with Crippen LogP contribution in [0.2, 0.25) is 0 Å². The predicted molar refractivity (Wildman–Crippen MR) is 53.3 cm³/mol. The number of fused-ring (bicyclic) bond motifs is 1. The van der Waals surface area contributed by atoms with Crippen LogP contribution in [-0.2, 0) is 4.79 Å². The van der Waals surface area contributed by atoms with Crippen LogP contribution in [0.1, 0.15) is 0 Å². The van der Waals surface area contributed by atoms with E-state index in [1.807, 2.05) is 18.2 Å². The van der Waals surface area contributed by atoms with E-state index in [0.717, 1.165) is 15.8 Å². The minimum atomic E-state index is 0.518. The Labute approximate surface area is 79.9 Å². The van der Waals surface area contributed by atoms with Crippen molar-refractivity contribution >= 4 is 35.4 Å². The number of thiol groups is 1. The van der Waals surface area contributed by atoms with E-state index < -0.39 is 0 Å². The van der Waals surface area contributed by atoms with E-state index in [9.17, 15) is 4.79 Å². The summed E-state index contributed by atoms with van der Waals surface area (Å²) in [6, 6.07) is 7.44. The molecule has 0 aliphatic heterocycles. The minimum Gasteiger partial charge on any atom is -0.339 e. The molecule has 0 aliphatic carbocycles. The van der Waals surface area contributed by atoms with Gasteiger partial charge in [-0.25, -0.2) is 4.79 Å². The van der Waals surface area contributed by atoms with Crippen LogP contribution in [-0.4, -0.2) is 11.1 Å². The number of benzene rings is 1. The number of H-pyrrole nitrogens is 1. The summed E-state index contributed by atoms with van der Waals surface area (Å²) in [6.45, 7) is 0. The van der Waals surface area contributed by atoms with Crippen molar-refractivity contribution in [1.29, 1.82) is 0 Å². The van der Waals surface area contributed by atoms with Crippen LogP contribution < -0.4 is 0 Å². The third-order valence-corrected chi connectivity index (χ3v) is 2.03. The first-order chi connectivity index (χ1) is 6.29. The molecule has 0 amide bonds. The molecule has 2 aromatic rings. The fourth-order valence-corrected chi connectivity index (χ4v) is 1.43. The molecular formula is C9H6N2OS. The summed E-state index contributed by atoms with van der Waals surface area (Å²) in [4.78, 5) is 17.3. The SMILES string of the molecule is O=C=Nc1cc2cc(S)ccc2[nH]1. The first-order valence-corrected chi connectivity index (χ1v) is 4.14. The summed E-state index contributed by atoms with van der Waals surface area (Å²) >= 11 is 4.20. The second-order valence-corrected chi connectivity index (χ2v) is 3.15. The van der Waals surface area contributed by atoms with Gasteiger partial charge in [-0.15, -0.1) is 17.6 Å². The lowest BCUT2D eigenvalue weighted by Crippen LogP contribution is -1.66. The number of rotatable bonds is 1. The zero-order chi connectivity index (χ0) is 9.26. The molecule has 1 aromatic heterocycles. The number of aromatic nitrogens is 1. The van der Waals surface area contributed by atoms with Crippen molar-refractivity contribution in [2.75, 3.05) is 0 Å². The molecule has 0 unspecified atom stereocenters. The first kappa shape index (κ1) is 8.10. The monoisotopic (exact) mass is 190 g/mol. The van der Waals surface area contributed by atoms with Crippen LogP contribution in [0.4, 0.5) is 5.82 Å².